The number of aliphatic hydroxyl groups excluding tert-OH is 1. The standard InChI is InChI=1S/C31H31BrClN5O9/c1-4-45-25-13-20(28-27(30(40)44-3)17(2)35-31(41)36-28)7-10-24(25)46-16-26(39)37-34-14-19-11-22(32)29(23(33)12-19)47-15-18-5-8-21(9-6-18)38(42)43/h5-14,26,28,37,39H,4,15-16H2,1-3H3,(H2,35,36,41)/b34-14-/t26-,28+/m1/s1. The van der Waals surface area contributed by atoms with Crippen molar-refractivity contribution in [2.45, 2.75) is 32.7 Å². The van der Waals surface area contributed by atoms with Crippen molar-refractivity contribution in [1.82, 2.24) is 16.1 Å². The number of nitrogens with one attached hydrogen (secondary N) is 3. The van der Waals surface area contributed by atoms with Crippen molar-refractivity contribution in [2.24, 2.45) is 5.10 Å². The average molecular weight is 733 g/mol. The number of esters is 1. The number of hydrazone groups is 1. The van der Waals surface area contributed by atoms with Crippen LogP contribution in [0.25, 0.3) is 0 Å². The molecule has 47 heavy (non-hydrogen) atoms. The summed E-state index contributed by atoms with van der Waals surface area (Å²) in [4.78, 5) is 35.0. The molecule has 2 amide bonds. The largest absolute Gasteiger partial charge is 0.490 e. The predicted molar refractivity (Wildman–Crippen MR) is 176 cm³/mol. The molecule has 2 atom stereocenters. The lowest BCUT2D eigenvalue weighted by Gasteiger charge is -2.28. The van der Waals surface area contributed by atoms with Gasteiger partial charge in [0.25, 0.3) is 5.69 Å². The van der Waals surface area contributed by atoms with E-state index in [2.05, 4.69) is 37.1 Å². The number of aliphatic hydroxyl groups is 1. The minimum Gasteiger partial charge on any atom is -0.490 e. The number of non-ortho nitro benzene ring substituents is 1. The van der Waals surface area contributed by atoms with E-state index in [4.69, 9.17) is 30.5 Å². The second-order valence-corrected chi connectivity index (χ2v) is 11.2. The van der Waals surface area contributed by atoms with Crippen LogP contribution in [0, 0.1) is 10.1 Å². The van der Waals surface area contributed by atoms with E-state index >= 15 is 0 Å². The number of amides is 2. The summed E-state index contributed by atoms with van der Waals surface area (Å²) in [7, 11) is 1.26. The number of carbonyl (C=O) groups excluding carboxylic acids is 2. The molecule has 0 bridgehead atoms. The van der Waals surface area contributed by atoms with E-state index in [1.54, 1.807) is 56.3 Å². The van der Waals surface area contributed by atoms with Crippen molar-refractivity contribution < 1.29 is 38.6 Å². The van der Waals surface area contributed by atoms with Gasteiger partial charge in [-0.1, -0.05) is 17.7 Å². The molecule has 1 aliphatic rings. The van der Waals surface area contributed by atoms with Gasteiger partial charge in [-0.2, -0.15) is 5.10 Å². The van der Waals surface area contributed by atoms with E-state index in [0.717, 1.165) is 5.56 Å². The van der Waals surface area contributed by atoms with Crippen molar-refractivity contribution in [1.29, 1.82) is 0 Å². The Bertz CT molecular complexity index is 1680. The molecular formula is C31H31BrClN5O9. The smallest absolute Gasteiger partial charge is 0.337 e. The molecule has 248 valence electrons. The molecule has 3 aromatic rings. The predicted octanol–water partition coefficient (Wildman–Crippen LogP) is 5.11. The molecule has 0 aromatic heterocycles. The quantitative estimate of drug-likeness (QED) is 0.0572. The topological polar surface area (TPSA) is 183 Å². The molecular weight excluding hydrogens is 702 g/mol. The van der Waals surface area contributed by atoms with Crippen LogP contribution in [-0.4, -0.2) is 54.8 Å². The van der Waals surface area contributed by atoms with Gasteiger partial charge < -0.3 is 34.7 Å². The highest BCUT2D eigenvalue weighted by atomic mass is 79.9. The second-order valence-electron chi connectivity index (χ2n) is 9.94. The molecule has 1 aliphatic heterocycles. The maximum Gasteiger partial charge on any atom is 0.337 e. The van der Waals surface area contributed by atoms with E-state index in [0.29, 0.717) is 50.2 Å². The number of benzene rings is 3. The molecule has 16 heteroatoms. The van der Waals surface area contributed by atoms with Gasteiger partial charge in [0.15, 0.2) is 23.5 Å². The number of nitro groups is 1. The fourth-order valence-electron chi connectivity index (χ4n) is 4.48. The lowest BCUT2D eigenvalue weighted by Crippen LogP contribution is -2.45. The van der Waals surface area contributed by atoms with Crippen molar-refractivity contribution in [3.63, 3.8) is 0 Å². The summed E-state index contributed by atoms with van der Waals surface area (Å²) in [6, 6.07) is 13.0. The third-order valence-corrected chi connectivity index (χ3v) is 7.53. The maximum atomic E-state index is 12.4. The number of allylic oxidation sites excluding steroid dienone is 1. The molecule has 0 saturated carbocycles. The fraction of sp³-hybridized carbons (Fsp3) is 0.258. The number of hydrogen-bond donors (Lipinski definition) is 4. The molecule has 0 saturated heterocycles. The van der Waals surface area contributed by atoms with E-state index in [1.165, 1.54) is 25.5 Å². The van der Waals surface area contributed by atoms with Gasteiger partial charge in [0, 0.05) is 17.8 Å². The van der Waals surface area contributed by atoms with Crippen molar-refractivity contribution in [3.05, 3.63) is 102 Å². The average Bonchev–Trinajstić information content (AvgIpc) is 3.03. The van der Waals surface area contributed by atoms with Crippen LogP contribution in [0.3, 0.4) is 0 Å². The Morgan fingerprint density at radius 2 is 1.91 bits per heavy atom. The first-order valence-electron chi connectivity index (χ1n) is 14.1. The van der Waals surface area contributed by atoms with Crippen molar-refractivity contribution in [3.8, 4) is 17.2 Å². The van der Waals surface area contributed by atoms with Crippen LogP contribution in [0.4, 0.5) is 10.5 Å². The number of rotatable bonds is 14. The Balaban J connectivity index is 1.36. The SMILES string of the molecule is CCOc1cc([C@@H]2NC(=O)NC(C)=C2C(=O)OC)ccc1OC[C@@H](O)N/N=C\c1cc(Cl)c(OCc2ccc([N+](=O)[O-])cc2)c(Br)c1. The van der Waals surface area contributed by atoms with Crippen molar-refractivity contribution >= 4 is 51.4 Å². The van der Waals surface area contributed by atoms with Gasteiger partial charge in [-0.05, 0) is 82.9 Å². The van der Waals surface area contributed by atoms with Crippen LogP contribution in [0.5, 0.6) is 17.2 Å². The lowest BCUT2D eigenvalue weighted by molar-refractivity contribution is -0.384. The first-order valence-corrected chi connectivity index (χ1v) is 15.3. The lowest BCUT2D eigenvalue weighted by atomic mass is 9.95. The Morgan fingerprint density at radius 3 is 2.57 bits per heavy atom. The summed E-state index contributed by atoms with van der Waals surface area (Å²) in [5, 5.41) is 30.9. The van der Waals surface area contributed by atoms with E-state index < -0.39 is 29.2 Å². The number of carbonyl (C=O) groups is 2. The maximum absolute atomic E-state index is 12.4. The normalized spacial score (nSPS) is 15.0. The van der Waals surface area contributed by atoms with Gasteiger partial charge in [0.1, 0.15) is 13.2 Å². The molecule has 4 N–H and O–H groups in total. The highest BCUT2D eigenvalue weighted by molar-refractivity contribution is 9.10. The minimum atomic E-state index is -1.20. The van der Waals surface area contributed by atoms with Crippen LogP contribution in [0.1, 0.15) is 36.6 Å². The zero-order chi connectivity index (χ0) is 34.1. The molecule has 3 aromatic carbocycles. The van der Waals surface area contributed by atoms with Crippen LogP contribution >= 0.6 is 27.5 Å². The van der Waals surface area contributed by atoms with E-state index in [1.807, 2.05) is 0 Å². The Morgan fingerprint density at radius 1 is 1.17 bits per heavy atom. The third-order valence-electron chi connectivity index (χ3n) is 6.66. The van der Waals surface area contributed by atoms with Gasteiger partial charge in [-0.3, -0.25) is 15.5 Å². The van der Waals surface area contributed by atoms with Crippen molar-refractivity contribution in [2.75, 3.05) is 20.3 Å². The molecule has 14 nitrogen and oxygen atoms in total. The van der Waals surface area contributed by atoms with Gasteiger partial charge in [0.05, 0.1) is 46.0 Å². The summed E-state index contributed by atoms with van der Waals surface area (Å²) in [6.45, 7) is 3.65. The molecule has 0 aliphatic carbocycles. The highest BCUT2D eigenvalue weighted by Gasteiger charge is 2.32. The number of methoxy groups -OCH3 is 1. The highest BCUT2D eigenvalue weighted by Crippen LogP contribution is 2.36. The molecule has 0 fully saturated rings. The number of ether oxygens (including phenoxy) is 4. The van der Waals surface area contributed by atoms with Gasteiger partial charge >= 0.3 is 12.0 Å². The Kier molecular flexibility index (Phi) is 12.0. The van der Waals surface area contributed by atoms with Crippen LogP contribution in [0.2, 0.25) is 5.02 Å². The Hall–Kier alpha value is -4.86. The summed E-state index contributed by atoms with van der Waals surface area (Å²) >= 11 is 9.85. The van der Waals surface area contributed by atoms with Crippen LogP contribution in [0.15, 0.2) is 75.4 Å². The monoisotopic (exact) mass is 731 g/mol. The number of hydrogen-bond acceptors (Lipinski definition) is 11. The van der Waals surface area contributed by atoms with Crippen LogP contribution in [-0.2, 0) is 16.1 Å². The summed E-state index contributed by atoms with van der Waals surface area (Å²) < 4.78 is 22.8. The summed E-state index contributed by atoms with van der Waals surface area (Å²) in [6.07, 6.45) is 0.242. The number of urea groups is 1. The van der Waals surface area contributed by atoms with E-state index in [-0.39, 0.29) is 24.5 Å². The van der Waals surface area contributed by atoms with Crippen LogP contribution < -0.4 is 30.3 Å². The molecule has 1 heterocycles. The third kappa shape index (κ3) is 9.12. The number of nitro benzene ring substituents is 1. The second kappa shape index (κ2) is 16.1. The summed E-state index contributed by atoms with van der Waals surface area (Å²) in [5.41, 5.74) is 5.07. The van der Waals surface area contributed by atoms with Gasteiger partial charge in [-0.25, -0.2) is 9.59 Å². The first kappa shape index (κ1) is 35.0. The number of nitrogens with zero attached hydrogens (tertiary/aromatic N) is 2. The molecule has 0 radical (unpaired) electrons. The zero-order valence-electron chi connectivity index (χ0n) is 25.4. The Labute approximate surface area is 283 Å². The number of halogens is 2. The van der Waals surface area contributed by atoms with Gasteiger partial charge in [-0.15, -0.1) is 0 Å². The minimum absolute atomic E-state index is 0.0131. The zero-order valence-corrected chi connectivity index (χ0v) is 27.8. The van der Waals surface area contributed by atoms with Gasteiger partial charge in [0.2, 0.25) is 0 Å². The fourth-order valence-corrected chi connectivity index (χ4v) is 5.47. The van der Waals surface area contributed by atoms with E-state index in [9.17, 15) is 24.8 Å². The summed E-state index contributed by atoms with van der Waals surface area (Å²) in [5.74, 6) is 0.452. The molecule has 4 rings (SSSR count). The molecule has 0 unspecified atom stereocenters. The first-order chi connectivity index (χ1) is 22.5. The molecule has 0 spiro atoms.